The number of alkyl carbamates (subject to hydrolysis) is 1. The van der Waals surface area contributed by atoms with Crippen LogP contribution in [0.15, 0.2) is 42.5 Å². The van der Waals surface area contributed by atoms with Gasteiger partial charge in [-0.2, -0.15) is 0 Å². The first-order chi connectivity index (χ1) is 14.2. The number of benzene rings is 2. The second kappa shape index (κ2) is 10.3. The molecule has 0 aliphatic carbocycles. The SMILES string of the molecule is COC(=O)c1cc([N+](=O)[O-])cc(C(O)C(O)CNC(=O)OCc2ccccc2)c1C. The van der Waals surface area contributed by atoms with Gasteiger partial charge in [0.25, 0.3) is 5.69 Å². The average Bonchev–Trinajstić information content (AvgIpc) is 2.75. The van der Waals surface area contributed by atoms with Crippen molar-refractivity contribution in [3.63, 3.8) is 0 Å². The van der Waals surface area contributed by atoms with Gasteiger partial charge >= 0.3 is 12.1 Å². The summed E-state index contributed by atoms with van der Waals surface area (Å²) in [6, 6.07) is 11.0. The number of nitrogens with one attached hydrogen (secondary N) is 1. The monoisotopic (exact) mass is 418 g/mol. The maximum absolute atomic E-state index is 11.9. The van der Waals surface area contributed by atoms with Crippen molar-refractivity contribution in [3.05, 3.63) is 74.8 Å². The maximum Gasteiger partial charge on any atom is 0.407 e. The van der Waals surface area contributed by atoms with Crippen LogP contribution in [0.2, 0.25) is 0 Å². The summed E-state index contributed by atoms with van der Waals surface area (Å²) in [7, 11) is 1.12. The fourth-order valence-electron chi connectivity index (χ4n) is 2.74. The highest BCUT2D eigenvalue weighted by atomic mass is 16.6. The largest absolute Gasteiger partial charge is 0.465 e. The molecule has 0 saturated heterocycles. The third kappa shape index (κ3) is 5.75. The zero-order chi connectivity index (χ0) is 22.3. The number of methoxy groups -OCH3 is 1. The molecule has 1 amide bonds. The number of ether oxygens (including phenoxy) is 2. The van der Waals surface area contributed by atoms with Crippen LogP contribution in [0.3, 0.4) is 0 Å². The number of carbonyl (C=O) groups is 2. The number of amides is 1. The fourth-order valence-corrected chi connectivity index (χ4v) is 2.74. The van der Waals surface area contributed by atoms with Crippen molar-refractivity contribution >= 4 is 17.7 Å². The minimum absolute atomic E-state index is 0.0256. The lowest BCUT2D eigenvalue weighted by molar-refractivity contribution is -0.385. The summed E-state index contributed by atoms with van der Waals surface area (Å²) >= 11 is 0. The van der Waals surface area contributed by atoms with Crippen LogP contribution in [-0.4, -0.2) is 47.0 Å². The van der Waals surface area contributed by atoms with Crippen LogP contribution in [-0.2, 0) is 16.1 Å². The number of rotatable bonds is 8. The lowest BCUT2D eigenvalue weighted by atomic mass is 9.94. The van der Waals surface area contributed by atoms with Gasteiger partial charge in [0.05, 0.1) is 17.6 Å². The normalized spacial score (nSPS) is 12.5. The number of carbonyl (C=O) groups excluding carboxylic acids is 2. The average molecular weight is 418 g/mol. The van der Waals surface area contributed by atoms with Gasteiger partial charge in [0.2, 0.25) is 0 Å². The van der Waals surface area contributed by atoms with Gasteiger partial charge in [-0.3, -0.25) is 10.1 Å². The molecule has 0 spiro atoms. The van der Waals surface area contributed by atoms with Crippen LogP contribution in [0.4, 0.5) is 10.5 Å². The molecule has 0 radical (unpaired) electrons. The van der Waals surface area contributed by atoms with Crippen molar-refractivity contribution in [3.8, 4) is 0 Å². The maximum atomic E-state index is 11.9. The van der Waals surface area contributed by atoms with Crippen LogP contribution in [0, 0.1) is 17.0 Å². The Morgan fingerprint density at radius 3 is 2.47 bits per heavy atom. The van der Waals surface area contributed by atoms with Gasteiger partial charge in [-0.1, -0.05) is 30.3 Å². The lowest BCUT2D eigenvalue weighted by Crippen LogP contribution is -2.36. The first-order valence-electron chi connectivity index (χ1n) is 8.92. The summed E-state index contributed by atoms with van der Waals surface area (Å²) in [6.45, 7) is 1.10. The molecular weight excluding hydrogens is 396 g/mol. The third-order valence-corrected chi connectivity index (χ3v) is 4.40. The molecule has 0 aliphatic heterocycles. The van der Waals surface area contributed by atoms with Gasteiger partial charge in [0.15, 0.2) is 0 Å². The molecular formula is C20H22N2O8. The molecule has 0 aromatic heterocycles. The van der Waals surface area contributed by atoms with E-state index in [-0.39, 0.29) is 29.8 Å². The Hall–Kier alpha value is -3.50. The van der Waals surface area contributed by atoms with Crippen molar-refractivity contribution in [2.24, 2.45) is 0 Å². The van der Waals surface area contributed by atoms with Crippen LogP contribution in [0.1, 0.15) is 33.2 Å². The fraction of sp³-hybridized carbons (Fsp3) is 0.300. The van der Waals surface area contributed by atoms with Crippen molar-refractivity contribution in [2.45, 2.75) is 25.7 Å². The molecule has 2 aromatic rings. The predicted octanol–water partition coefficient (Wildman–Crippen LogP) is 2.01. The summed E-state index contributed by atoms with van der Waals surface area (Å²) in [5.41, 5.74) is 0.402. The van der Waals surface area contributed by atoms with E-state index in [2.05, 4.69) is 10.1 Å². The number of nitro benzene ring substituents is 1. The second-order valence-corrected chi connectivity index (χ2v) is 6.41. The summed E-state index contributed by atoms with van der Waals surface area (Å²) in [6.07, 6.45) is -3.93. The highest BCUT2D eigenvalue weighted by Gasteiger charge is 2.27. The predicted molar refractivity (Wildman–Crippen MR) is 105 cm³/mol. The Labute approximate surface area is 172 Å². The highest BCUT2D eigenvalue weighted by Crippen LogP contribution is 2.29. The van der Waals surface area contributed by atoms with E-state index < -0.39 is 34.9 Å². The zero-order valence-electron chi connectivity index (χ0n) is 16.4. The molecule has 2 aromatic carbocycles. The van der Waals surface area contributed by atoms with Gasteiger partial charge in [-0.05, 0) is 23.6 Å². The summed E-state index contributed by atoms with van der Waals surface area (Å²) in [5.74, 6) is -0.818. The van der Waals surface area contributed by atoms with Crippen molar-refractivity contribution in [1.82, 2.24) is 5.32 Å². The van der Waals surface area contributed by atoms with E-state index in [1.165, 1.54) is 6.92 Å². The number of aliphatic hydroxyl groups excluding tert-OH is 2. The van der Waals surface area contributed by atoms with Gasteiger partial charge in [0, 0.05) is 18.7 Å². The molecule has 10 nitrogen and oxygen atoms in total. The second-order valence-electron chi connectivity index (χ2n) is 6.41. The number of hydrogen-bond acceptors (Lipinski definition) is 8. The third-order valence-electron chi connectivity index (χ3n) is 4.40. The number of esters is 1. The van der Waals surface area contributed by atoms with E-state index in [0.29, 0.717) is 0 Å². The van der Waals surface area contributed by atoms with E-state index in [9.17, 15) is 29.9 Å². The van der Waals surface area contributed by atoms with Crippen molar-refractivity contribution in [1.29, 1.82) is 0 Å². The van der Waals surface area contributed by atoms with Crippen LogP contribution < -0.4 is 5.32 Å². The minimum Gasteiger partial charge on any atom is -0.465 e. The molecule has 0 bridgehead atoms. The molecule has 0 heterocycles. The number of aliphatic hydroxyl groups is 2. The Morgan fingerprint density at radius 2 is 1.87 bits per heavy atom. The van der Waals surface area contributed by atoms with E-state index in [1.54, 1.807) is 24.3 Å². The molecule has 3 N–H and O–H groups in total. The topological polar surface area (TPSA) is 148 Å². The summed E-state index contributed by atoms with van der Waals surface area (Å²) in [5, 5.41) is 34.2. The van der Waals surface area contributed by atoms with Gasteiger partial charge < -0.3 is 25.0 Å². The van der Waals surface area contributed by atoms with E-state index >= 15 is 0 Å². The molecule has 2 atom stereocenters. The summed E-state index contributed by atoms with van der Waals surface area (Å²) < 4.78 is 9.62. The molecule has 0 fully saturated rings. The molecule has 10 heteroatoms. The van der Waals surface area contributed by atoms with Crippen LogP contribution >= 0.6 is 0 Å². The summed E-state index contributed by atoms with van der Waals surface area (Å²) in [4.78, 5) is 34.1. The van der Waals surface area contributed by atoms with Gasteiger partial charge in [-0.25, -0.2) is 9.59 Å². The van der Waals surface area contributed by atoms with Crippen molar-refractivity contribution in [2.75, 3.05) is 13.7 Å². The van der Waals surface area contributed by atoms with E-state index in [4.69, 9.17) is 4.74 Å². The standard InChI is InChI=1S/C20H22N2O8/c1-12-15(8-14(22(27)28)9-16(12)19(25)29-2)18(24)17(23)10-21-20(26)30-11-13-6-4-3-5-7-13/h3-9,17-18,23-24H,10-11H2,1-2H3,(H,21,26). The van der Waals surface area contributed by atoms with E-state index in [1.807, 2.05) is 6.07 Å². The lowest BCUT2D eigenvalue weighted by Gasteiger charge is -2.21. The smallest absolute Gasteiger partial charge is 0.407 e. The Morgan fingerprint density at radius 1 is 1.20 bits per heavy atom. The number of nitro groups is 1. The quantitative estimate of drug-likeness (QED) is 0.335. The number of nitrogens with zero attached hydrogens (tertiary/aromatic N) is 1. The van der Waals surface area contributed by atoms with Crippen molar-refractivity contribution < 1.29 is 34.2 Å². The molecule has 2 unspecified atom stereocenters. The zero-order valence-corrected chi connectivity index (χ0v) is 16.4. The number of hydrogen-bond donors (Lipinski definition) is 3. The molecule has 2 rings (SSSR count). The van der Waals surface area contributed by atoms with Gasteiger partial charge in [0.1, 0.15) is 18.8 Å². The molecule has 30 heavy (non-hydrogen) atoms. The van der Waals surface area contributed by atoms with Gasteiger partial charge in [-0.15, -0.1) is 0 Å². The first kappa shape index (κ1) is 22.8. The Bertz CT molecular complexity index is 917. The minimum atomic E-state index is -1.61. The Balaban J connectivity index is 2.06. The highest BCUT2D eigenvalue weighted by molar-refractivity contribution is 5.92. The molecule has 0 aliphatic rings. The Kier molecular flexibility index (Phi) is 7.84. The van der Waals surface area contributed by atoms with Crippen LogP contribution in [0.5, 0.6) is 0 Å². The molecule has 0 saturated carbocycles. The first-order valence-corrected chi connectivity index (χ1v) is 8.92. The molecule has 160 valence electrons. The van der Waals surface area contributed by atoms with E-state index in [0.717, 1.165) is 24.8 Å². The van der Waals surface area contributed by atoms with Crippen LogP contribution in [0.25, 0.3) is 0 Å². The number of non-ortho nitro benzene ring substituents is 1.